The van der Waals surface area contributed by atoms with E-state index in [9.17, 15) is 9.59 Å². The van der Waals surface area contributed by atoms with E-state index in [2.05, 4.69) is 36.5 Å². The number of carbonyl (C=O) groups excluding carboxylic acids is 2. The van der Waals surface area contributed by atoms with E-state index in [0.717, 1.165) is 49.9 Å². The molecule has 1 saturated carbocycles. The van der Waals surface area contributed by atoms with Gasteiger partial charge in [0.05, 0.1) is 11.3 Å². The lowest BCUT2D eigenvalue weighted by atomic mass is 9.63. The molecule has 0 bridgehead atoms. The highest BCUT2D eigenvalue weighted by molar-refractivity contribution is 5.94. The molecule has 1 N–H and O–H groups in total. The Morgan fingerprint density at radius 3 is 2.36 bits per heavy atom. The number of aryl methyl sites for hydroxylation is 1. The van der Waals surface area contributed by atoms with Crippen molar-refractivity contribution in [3.8, 4) is 0 Å². The molecule has 1 aliphatic carbocycles. The van der Waals surface area contributed by atoms with Crippen LogP contribution >= 0.6 is 0 Å². The van der Waals surface area contributed by atoms with E-state index in [-0.39, 0.29) is 23.1 Å². The Labute approximate surface area is 166 Å². The van der Waals surface area contributed by atoms with Crippen LogP contribution in [0.15, 0.2) is 54.6 Å². The average Bonchev–Trinajstić information content (AvgIpc) is 2.69. The van der Waals surface area contributed by atoms with Crippen molar-refractivity contribution in [3.05, 3.63) is 65.7 Å². The van der Waals surface area contributed by atoms with Gasteiger partial charge in [0.15, 0.2) is 0 Å². The summed E-state index contributed by atoms with van der Waals surface area (Å²) in [5.41, 5.74) is 2.77. The van der Waals surface area contributed by atoms with Gasteiger partial charge in [-0.15, -0.1) is 0 Å². The third-order valence-corrected chi connectivity index (χ3v) is 6.34. The highest BCUT2D eigenvalue weighted by atomic mass is 16.2. The molecule has 0 spiro atoms. The van der Waals surface area contributed by atoms with Crippen LogP contribution in [0.1, 0.15) is 43.2 Å². The van der Waals surface area contributed by atoms with Gasteiger partial charge < -0.3 is 10.2 Å². The lowest BCUT2D eigenvalue weighted by Crippen LogP contribution is -2.54. The van der Waals surface area contributed by atoms with Gasteiger partial charge in [0.2, 0.25) is 11.8 Å². The summed E-state index contributed by atoms with van der Waals surface area (Å²) in [6, 6.07) is 17.9. The molecule has 2 aromatic rings. The number of amides is 2. The number of carbonyl (C=O) groups is 2. The SMILES string of the molecule is Cc1ccc(C2(C(=O)N3CCC[C@H](C(=O)Nc4ccccc4)C3)CCC2)cc1. The predicted octanol–water partition coefficient (Wildman–Crippen LogP) is 4.29. The van der Waals surface area contributed by atoms with E-state index in [1.54, 1.807) is 0 Å². The second kappa shape index (κ2) is 7.78. The fourth-order valence-corrected chi connectivity index (χ4v) is 4.47. The number of hydrogen-bond acceptors (Lipinski definition) is 2. The number of piperidine rings is 1. The van der Waals surface area contributed by atoms with Gasteiger partial charge in [-0.2, -0.15) is 0 Å². The van der Waals surface area contributed by atoms with Crippen LogP contribution in [0.5, 0.6) is 0 Å². The molecule has 28 heavy (non-hydrogen) atoms. The molecular formula is C24H28N2O2. The predicted molar refractivity (Wildman–Crippen MR) is 111 cm³/mol. The smallest absolute Gasteiger partial charge is 0.233 e. The molecule has 2 aromatic carbocycles. The molecule has 4 heteroatoms. The minimum atomic E-state index is -0.383. The van der Waals surface area contributed by atoms with Gasteiger partial charge >= 0.3 is 0 Å². The van der Waals surface area contributed by atoms with E-state index in [4.69, 9.17) is 0 Å². The molecule has 1 saturated heterocycles. The average molecular weight is 377 g/mol. The molecule has 0 radical (unpaired) electrons. The van der Waals surface area contributed by atoms with Crippen LogP contribution in [-0.2, 0) is 15.0 Å². The van der Waals surface area contributed by atoms with E-state index in [1.807, 2.05) is 35.2 Å². The molecule has 2 fully saturated rings. The monoisotopic (exact) mass is 376 g/mol. The fourth-order valence-electron chi connectivity index (χ4n) is 4.47. The first kappa shape index (κ1) is 18.7. The Bertz CT molecular complexity index is 841. The first-order chi connectivity index (χ1) is 13.6. The lowest BCUT2D eigenvalue weighted by Gasteiger charge is -2.45. The fraction of sp³-hybridized carbons (Fsp3) is 0.417. The molecule has 2 aliphatic rings. The minimum absolute atomic E-state index is 0.0155. The van der Waals surface area contributed by atoms with Crippen molar-refractivity contribution < 1.29 is 9.59 Å². The van der Waals surface area contributed by atoms with E-state index in [0.29, 0.717) is 6.54 Å². The summed E-state index contributed by atoms with van der Waals surface area (Å²) < 4.78 is 0. The Balaban J connectivity index is 1.47. The second-order valence-corrected chi connectivity index (χ2v) is 8.25. The zero-order valence-corrected chi connectivity index (χ0v) is 16.5. The van der Waals surface area contributed by atoms with Gasteiger partial charge in [-0.1, -0.05) is 54.4 Å². The topological polar surface area (TPSA) is 49.4 Å². The Kier molecular flexibility index (Phi) is 5.21. The highest BCUT2D eigenvalue weighted by Crippen LogP contribution is 2.45. The zero-order valence-electron chi connectivity index (χ0n) is 16.5. The maximum absolute atomic E-state index is 13.5. The van der Waals surface area contributed by atoms with E-state index >= 15 is 0 Å². The molecule has 1 heterocycles. The number of rotatable bonds is 4. The first-order valence-electron chi connectivity index (χ1n) is 10.3. The zero-order chi connectivity index (χ0) is 19.6. The van der Waals surface area contributed by atoms with E-state index < -0.39 is 0 Å². The number of para-hydroxylation sites is 1. The summed E-state index contributed by atoms with van der Waals surface area (Å²) in [5.74, 6) is 0.0783. The van der Waals surface area contributed by atoms with Crippen LogP contribution in [0.2, 0.25) is 0 Å². The maximum Gasteiger partial charge on any atom is 0.233 e. The van der Waals surface area contributed by atoms with Crippen molar-refractivity contribution in [2.75, 3.05) is 18.4 Å². The van der Waals surface area contributed by atoms with Crippen molar-refractivity contribution in [3.63, 3.8) is 0 Å². The number of nitrogens with zero attached hydrogens (tertiary/aromatic N) is 1. The van der Waals surface area contributed by atoms with Gasteiger partial charge in [-0.3, -0.25) is 9.59 Å². The number of likely N-dealkylation sites (tertiary alicyclic amines) is 1. The molecular weight excluding hydrogens is 348 g/mol. The molecule has 0 unspecified atom stereocenters. The summed E-state index contributed by atoms with van der Waals surface area (Å²) in [4.78, 5) is 28.2. The molecule has 1 atom stereocenters. The van der Waals surface area contributed by atoms with Crippen molar-refractivity contribution in [1.82, 2.24) is 4.90 Å². The minimum Gasteiger partial charge on any atom is -0.341 e. The van der Waals surface area contributed by atoms with Crippen LogP contribution in [0.4, 0.5) is 5.69 Å². The first-order valence-corrected chi connectivity index (χ1v) is 10.3. The van der Waals surface area contributed by atoms with Crippen LogP contribution in [0.25, 0.3) is 0 Å². The highest BCUT2D eigenvalue weighted by Gasteiger charge is 2.48. The van der Waals surface area contributed by atoms with Crippen molar-refractivity contribution in [2.24, 2.45) is 5.92 Å². The Morgan fingerprint density at radius 2 is 1.71 bits per heavy atom. The van der Waals surface area contributed by atoms with Crippen LogP contribution in [-0.4, -0.2) is 29.8 Å². The van der Waals surface area contributed by atoms with Crippen LogP contribution in [0, 0.1) is 12.8 Å². The van der Waals surface area contributed by atoms with Crippen LogP contribution in [0.3, 0.4) is 0 Å². The summed E-state index contributed by atoms with van der Waals surface area (Å²) in [5, 5.41) is 3.00. The molecule has 4 rings (SSSR count). The van der Waals surface area contributed by atoms with Gasteiger partial charge in [0, 0.05) is 18.8 Å². The molecule has 146 valence electrons. The maximum atomic E-state index is 13.5. The molecule has 0 aromatic heterocycles. The standard InChI is InChI=1S/C24H28N2O2/c1-18-10-12-20(13-11-18)24(14-6-15-24)23(28)26-16-5-7-19(17-26)22(27)25-21-8-3-2-4-9-21/h2-4,8-13,19H,5-7,14-17H2,1H3,(H,25,27)/t19-/m0/s1. The van der Waals surface area contributed by atoms with Crippen LogP contribution < -0.4 is 5.32 Å². The second-order valence-electron chi connectivity index (χ2n) is 8.25. The molecule has 4 nitrogen and oxygen atoms in total. The quantitative estimate of drug-likeness (QED) is 0.865. The third-order valence-electron chi connectivity index (χ3n) is 6.34. The molecule has 1 aliphatic heterocycles. The third kappa shape index (κ3) is 3.56. The van der Waals surface area contributed by atoms with Gasteiger partial charge in [-0.05, 0) is 50.3 Å². The summed E-state index contributed by atoms with van der Waals surface area (Å²) >= 11 is 0. The van der Waals surface area contributed by atoms with Crippen molar-refractivity contribution in [1.29, 1.82) is 0 Å². The van der Waals surface area contributed by atoms with Crippen molar-refractivity contribution in [2.45, 2.75) is 44.4 Å². The van der Waals surface area contributed by atoms with E-state index in [1.165, 1.54) is 5.56 Å². The molecule has 2 amide bonds. The largest absolute Gasteiger partial charge is 0.341 e. The number of anilines is 1. The summed E-state index contributed by atoms with van der Waals surface area (Å²) in [6.45, 7) is 3.34. The summed E-state index contributed by atoms with van der Waals surface area (Å²) in [7, 11) is 0. The van der Waals surface area contributed by atoms with Gasteiger partial charge in [0.25, 0.3) is 0 Å². The lowest BCUT2D eigenvalue weighted by molar-refractivity contribution is -0.143. The normalized spacial score (nSPS) is 20.9. The van der Waals surface area contributed by atoms with Gasteiger partial charge in [0.1, 0.15) is 0 Å². The van der Waals surface area contributed by atoms with Crippen molar-refractivity contribution >= 4 is 17.5 Å². The Hall–Kier alpha value is -2.62. The number of hydrogen-bond donors (Lipinski definition) is 1. The van der Waals surface area contributed by atoms with Gasteiger partial charge in [-0.25, -0.2) is 0 Å². The Morgan fingerprint density at radius 1 is 1.00 bits per heavy atom. The summed E-state index contributed by atoms with van der Waals surface area (Å²) in [6.07, 6.45) is 4.62. The number of nitrogens with one attached hydrogen (secondary N) is 1. The number of benzene rings is 2.